The molecule has 0 amide bonds. The van der Waals surface area contributed by atoms with Crippen LogP contribution < -0.4 is 9.64 Å². The van der Waals surface area contributed by atoms with Crippen LogP contribution in [0, 0.1) is 12.7 Å². The van der Waals surface area contributed by atoms with E-state index >= 15 is 0 Å². The molecule has 2 aromatic heterocycles. The van der Waals surface area contributed by atoms with Gasteiger partial charge in [0.2, 0.25) is 0 Å². The molecule has 0 saturated heterocycles. The Morgan fingerprint density at radius 1 is 1.15 bits per heavy atom. The quantitative estimate of drug-likeness (QED) is 0.350. The fourth-order valence-corrected chi connectivity index (χ4v) is 4.99. The van der Waals surface area contributed by atoms with E-state index in [-0.39, 0.29) is 5.82 Å². The minimum atomic E-state index is -0.224. The van der Waals surface area contributed by atoms with Crippen molar-refractivity contribution in [3.05, 3.63) is 75.8 Å². The molecule has 0 fully saturated rings. The Labute approximate surface area is 197 Å². The second-order valence-corrected chi connectivity index (χ2v) is 8.80. The summed E-state index contributed by atoms with van der Waals surface area (Å²) in [6.45, 7) is 5.59. The average Bonchev–Trinajstić information content (AvgIpc) is 3.41. The van der Waals surface area contributed by atoms with Crippen LogP contribution in [0.1, 0.15) is 35.9 Å². The Morgan fingerprint density at radius 2 is 1.94 bits per heavy atom. The smallest absolute Gasteiger partial charge is 0.165 e. The fraction of sp³-hybridized carbons (Fsp3) is 0.308. The van der Waals surface area contributed by atoms with E-state index < -0.39 is 0 Å². The molecular formula is C26H26ClFN4O. The number of hydrogen-bond acceptors (Lipinski definition) is 4. The van der Waals surface area contributed by atoms with E-state index in [1.165, 1.54) is 17.7 Å². The van der Waals surface area contributed by atoms with Crippen molar-refractivity contribution in [2.45, 2.75) is 39.7 Å². The minimum absolute atomic E-state index is 0.224. The highest BCUT2D eigenvalue weighted by atomic mass is 35.5. The predicted octanol–water partition coefficient (Wildman–Crippen LogP) is 6.02. The van der Waals surface area contributed by atoms with Crippen molar-refractivity contribution in [1.82, 2.24) is 14.6 Å². The van der Waals surface area contributed by atoms with Gasteiger partial charge in [0.15, 0.2) is 5.65 Å². The molecule has 2 heterocycles. The molecule has 7 heteroatoms. The summed E-state index contributed by atoms with van der Waals surface area (Å²) in [6.07, 6.45) is 3.01. The summed E-state index contributed by atoms with van der Waals surface area (Å²) in [7, 11) is 1.63. The molecule has 0 saturated carbocycles. The largest absolute Gasteiger partial charge is 0.497 e. The van der Waals surface area contributed by atoms with Gasteiger partial charge >= 0.3 is 0 Å². The summed E-state index contributed by atoms with van der Waals surface area (Å²) in [5, 5.41) is 5.54. The van der Waals surface area contributed by atoms with E-state index in [1.54, 1.807) is 7.11 Å². The van der Waals surface area contributed by atoms with Crippen molar-refractivity contribution in [2.75, 3.05) is 18.6 Å². The van der Waals surface area contributed by atoms with E-state index in [0.29, 0.717) is 17.3 Å². The average molecular weight is 465 g/mol. The Hall–Kier alpha value is -3.12. The van der Waals surface area contributed by atoms with Crippen LogP contribution in [-0.2, 0) is 19.4 Å². The maximum absolute atomic E-state index is 13.5. The SMILES string of the molecule is CCN(Cc1ccc(F)cc1)c1c2c(nc3c(-c4ccc(OC)cc4Cl)c(C)nn13)CCC2. The molecule has 1 aliphatic carbocycles. The van der Waals surface area contributed by atoms with Crippen LogP contribution in [0.2, 0.25) is 5.02 Å². The van der Waals surface area contributed by atoms with Gasteiger partial charge in [-0.05, 0) is 69.0 Å². The molecule has 0 bridgehead atoms. The molecule has 2 aromatic carbocycles. The number of ether oxygens (including phenoxy) is 1. The van der Waals surface area contributed by atoms with Crippen molar-refractivity contribution in [3.63, 3.8) is 0 Å². The lowest BCUT2D eigenvalue weighted by Crippen LogP contribution is -2.26. The molecule has 1 aliphatic rings. The van der Waals surface area contributed by atoms with Gasteiger partial charge in [-0.2, -0.15) is 9.61 Å². The Morgan fingerprint density at radius 3 is 2.64 bits per heavy atom. The number of hydrogen-bond donors (Lipinski definition) is 0. The van der Waals surface area contributed by atoms with Crippen LogP contribution in [-0.4, -0.2) is 28.3 Å². The molecule has 0 spiro atoms. The first kappa shape index (κ1) is 21.7. The minimum Gasteiger partial charge on any atom is -0.497 e. The third kappa shape index (κ3) is 3.82. The molecule has 0 N–H and O–H groups in total. The van der Waals surface area contributed by atoms with E-state index in [1.807, 2.05) is 41.8 Å². The van der Waals surface area contributed by atoms with Crippen LogP contribution in [0.4, 0.5) is 10.2 Å². The van der Waals surface area contributed by atoms with Gasteiger partial charge < -0.3 is 9.64 Å². The molecule has 0 atom stereocenters. The van der Waals surface area contributed by atoms with Crippen LogP contribution >= 0.6 is 11.6 Å². The van der Waals surface area contributed by atoms with Gasteiger partial charge in [0.25, 0.3) is 0 Å². The van der Waals surface area contributed by atoms with Gasteiger partial charge in [-0.1, -0.05) is 23.7 Å². The molecule has 5 nitrogen and oxygen atoms in total. The summed E-state index contributed by atoms with van der Waals surface area (Å²) < 4.78 is 20.7. The molecule has 170 valence electrons. The van der Waals surface area contributed by atoms with Gasteiger partial charge in [0.05, 0.1) is 23.4 Å². The van der Waals surface area contributed by atoms with Gasteiger partial charge in [-0.25, -0.2) is 9.37 Å². The first-order chi connectivity index (χ1) is 16.0. The molecule has 5 rings (SSSR count). The highest BCUT2D eigenvalue weighted by Gasteiger charge is 2.27. The summed E-state index contributed by atoms with van der Waals surface area (Å²) >= 11 is 6.65. The summed E-state index contributed by atoms with van der Waals surface area (Å²) in [5.74, 6) is 1.56. The second kappa shape index (κ2) is 8.67. The summed E-state index contributed by atoms with van der Waals surface area (Å²) in [6, 6.07) is 12.4. The lowest BCUT2D eigenvalue weighted by atomic mass is 10.1. The zero-order valence-electron chi connectivity index (χ0n) is 19.0. The van der Waals surface area contributed by atoms with Crippen molar-refractivity contribution in [3.8, 4) is 16.9 Å². The summed E-state index contributed by atoms with van der Waals surface area (Å²) in [4.78, 5) is 7.37. The van der Waals surface area contributed by atoms with E-state index in [2.05, 4.69) is 11.8 Å². The van der Waals surface area contributed by atoms with Gasteiger partial charge in [0.1, 0.15) is 17.4 Å². The Bertz CT molecular complexity index is 1330. The molecule has 0 aliphatic heterocycles. The monoisotopic (exact) mass is 464 g/mol. The first-order valence-corrected chi connectivity index (χ1v) is 11.6. The molecule has 4 aromatic rings. The van der Waals surface area contributed by atoms with Crippen LogP contribution in [0.15, 0.2) is 42.5 Å². The zero-order chi connectivity index (χ0) is 23.1. The topological polar surface area (TPSA) is 42.7 Å². The standard InChI is InChI=1S/C26H26ClFN4O/c1-4-31(15-17-8-10-18(28)11-9-17)26-21-6-5-7-23(21)29-25-24(16(2)30-32(25)26)20-13-12-19(33-3)14-22(20)27/h8-14H,4-7,15H2,1-3H3. The number of halogens is 2. The highest BCUT2D eigenvalue weighted by Crippen LogP contribution is 2.39. The first-order valence-electron chi connectivity index (χ1n) is 11.2. The number of aromatic nitrogens is 3. The van der Waals surface area contributed by atoms with Crippen molar-refractivity contribution >= 4 is 23.1 Å². The fourth-order valence-electron chi connectivity index (χ4n) is 4.73. The van der Waals surface area contributed by atoms with Gasteiger partial charge in [0, 0.05) is 29.9 Å². The lowest BCUT2D eigenvalue weighted by Gasteiger charge is -2.26. The summed E-state index contributed by atoms with van der Waals surface area (Å²) in [5.41, 5.74) is 6.95. The van der Waals surface area contributed by atoms with Gasteiger partial charge in [-0.15, -0.1) is 0 Å². The van der Waals surface area contributed by atoms with Crippen molar-refractivity contribution in [2.24, 2.45) is 0 Å². The maximum atomic E-state index is 13.5. The molecule has 0 radical (unpaired) electrons. The Kier molecular flexibility index (Phi) is 5.71. The molecular weight excluding hydrogens is 439 g/mol. The molecule has 33 heavy (non-hydrogen) atoms. The third-order valence-electron chi connectivity index (χ3n) is 6.35. The lowest BCUT2D eigenvalue weighted by molar-refractivity contribution is 0.415. The maximum Gasteiger partial charge on any atom is 0.165 e. The number of anilines is 1. The van der Waals surface area contributed by atoms with Crippen LogP contribution in [0.25, 0.3) is 16.8 Å². The zero-order valence-corrected chi connectivity index (χ0v) is 19.8. The number of nitrogens with zero attached hydrogens (tertiary/aromatic N) is 4. The highest BCUT2D eigenvalue weighted by molar-refractivity contribution is 6.33. The van der Waals surface area contributed by atoms with E-state index in [4.69, 9.17) is 26.4 Å². The third-order valence-corrected chi connectivity index (χ3v) is 6.66. The van der Waals surface area contributed by atoms with Gasteiger partial charge in [-0.3, -0.25) is 0 Å². The number of rotatable bonds is 6. The number of fused-ring (bicyclic) bond motifs is 2. The molecule has 0 unspecified atom stereocenters. The van der Waals surface area contributed by atoms with Crippen molar-refractivity contribution in [1.29, 1.82) is 0 Å². The van der Waals surface area contributed by atoms with Crippen LogP contribution in [0.3, 0.4) is 0 Å². The van der Waals surface area contributed by atoms with E-state index in [0.717, 1.165) is 65.4 Å². The Balaban J connectivity index is 1.69. The normalized spacial score (nSPS) is 12.9. The number of aryl methyl sites for hydroxylation is 2. The predicted molar refractivity (Wildman–Crippen MR) is 130 cm³/mol. The van der Waals surface area contributed by atoms with E-state index in [9.17, 15) is 4.39 Å². The second-order valence-electron chi connectivity index (χ2n) is 8.40. The van der Waals surface area contributed by atoms with Crippen molar-refractivity contribution < 1.29 is 9.13 Å². The van der Waals surface area contributed by atoms with Crippen LogP contribution in [0.5, 0.6) is 5.75 Å². The number of methoxy groups -OCH3 is 1. The number of benzene rings is 2.